The third kappa shape index (κ3) is 3.38. The molecule has 0 bridgehead atoms. The lowest BCUT2D eigenvalue weighted by Crippen LogP contribution is -2.09. The van der Waals surface area contributed by atoms with Gasteiger partial charge in [0.05, 0.1) is 6.20 Å². The molecule has 4 heterocycles. The summed E-state index contributed by atoms with van der Waals surface area (Å²) in [5, 5.41) is 10.7. The molecule has 0 saturated carbocycles. The molecule has 1 unspecified atom stereocenters. The third-order valence-electron chi connectivity index (χ3n) is 4.23. The van der Waals surface area contributed by atoms with Gasteiger partial charge >= 0.3 is 0 Å². The van der Waals surface area contributed by atoms with Crippen LogP contribution >= 0.6 is 23.5 Å². The van der Waals surface area contributed by atoms with E-state index in [0.29, 0.717) is 10.5 Å². The van der Waals surface area contributed by atoms with Crippen LogP contribution in [0.5, 0.6) is 0 Å². The quantitative estimate of drug-likeness (QED) is 0.469. The van der Waals surface area contributed by atoms with Crippen molar-refractivity contribution in [2.75, 3.05) is 5.75 Å². The average Bonchev–Trinajstić information content (AvgIpc) is 3.43. The van der Waals surface area contributed by atoms with E-state index in [4.69, 9.17) is 4.42 Å². The Bertz CT molecular complexity index is 1050. The van der Waals surface area contributed by atoms with Crippen LogP contribution in [0.25, 0.3) is 22.7 Å². The molecule has 4 aromatic rings. The minimum atomic E-state index is 0.406. The second kappa shape index (κ2) is 7.21. The Kier molecular flexibility index (Phi) is 4.43. The number of thioether (sulfide) groups is 2. The standard InChI is InChI=1S/C19H15N5OS2/c1-2-5-13(6-3-1)16-10-21-19(25-16)26-12-15-11-24-17(22-23-18(24)27-15)14-7-4-8-20-9-14/h1-10,15H,11-12H2. The van der Waals surface area contributed by atoms with Crippen LogP contribution in [0.4, 0.5) is 0 Å². The molecule has 134 valence electrons. The Hall–Kier alpha value is -2.58. The molecule has 0 aliphatic carbocycles. The van der Waals surface area contributed by atoms with Gasteiger partial charge in [0.25, 0.3) is 5.22 Å². The lowest BCUT2D eigenvalue weighted by Gasteiger charge is -2.07. The van der Waals surface area contributed by atoms with Crippen molar-refractivity contribution < 1.29 is 4.42 Å². The first kappa shape index (κ1) is 16.6. The number of rotatable bonds is 5. The molecule has 5 rings (SSSR count). The van der Waals surface area contributed by atoms with E-state index >= 15 is 0 Å². The summed E-state index contributed by atoms with van der Waals surface area (Å²) in [5.41, 5.74) is 2.03. The minimum Gasteiger partial charge on any atom is -0.431 e. The van der Waals surface area contributed by atoms with E-state index in [1.807, 2.05) is 48.7 Å². The summed E-state index contributed by atoms with van der Waals surface area (Å²) in [6.07, 6.45) is 5.37. The van der Waals surface area contributed by atoms with Crippen molar-refractivity contribution in [1.29, 1.82) is 0 Å². The topological polar surface area (TPSA) is 69.6 Å². The fourth-order valence-electron chi connectivity index (χ4n) is 2.95. The van der Waals surface area contributed by atoms with Crippen molar-refractivity contribution in [3.63, 3.8) is 0 Å². The minimum absolute atomic E-state index is 0.406. The van der Waals surface area contributed by atoms with Crippen LogP contribution in [0.15, 0.2) is 75.9 Å². The lowest BCUT2D eigenvalue weighted by molar-refractivity contribution is 0.466. The van der Waals surface area contributed by atoms with E-state index in [2.05, 4.69) is 24.7 Å². The largest absolute Gasteiger partial charge is 0.431 e. The van der Waals surface area contributed by atoms with Crippen LogP contribution in [-0.4, -0.2) is 35.7 Å². The second-order valence-electron chi connectivity index (χ2n) is 6.07. The molecule has 0 saturated heterocycles. The van der Waals surface area contributed by atoms with Crippen molar-refractivity contribution in [3.8, 4) is 22.7 Å². The van der Waals surface area contributed by atoms with E-state index in [1.54, 1.807) is 35.9 Å². The number of fused-ring (bicyclic) bond motifs is 1. The van der Waals surface area contributed by atoms with Gasteiger partial charge in [0.15, 0.2) is 16.7 Å². The Balaban J connectivity index is 1.24. The molecule has 0 fully saturated rings. The summed E-state index contributed by atoms with van der Waals surface area (Å²) in [5.74, 6) is 2.57. The number of benzene rings is 1. The first-order chi connectivity index (χ1) is 13.4. The molecule has 0 spiro atoms. The van der Waals surface area contributed by atoms with Crippen molar-refractivity contribution in [2.45, 2.75) is 22.2 Å². The highest BCUT2D eigenvalue weighted by atomic mass is 32.2. The number of hydrogen-bond donors (Lipinski definition) is 0. The predicted molar refractivity (Wildman–Crippen MR) is 106 cm³/mol. The number of oxazole rings is 1. The van der Waals surface area contributed by atoms with Gasteiger partial charge in [0.1, 0.15) is 0 Å². The van der Waals surface area contributed by atoms with Gasteiger partial charge < -0.3 is 8.98 Å². The van der Waals surface area contributed by atoms with Crippen molar-refractivity contribution in [2.24, 2.45) is 0 Å². The maximum atomic E-state index is 5.88. The monoisotopic (exact) mass is 393 g/mol. The zero-order valence-electron chi connectivity index (χ0n) is 14.2. The van der Waals surface area contributed by atoms with Gasteiger partial charge in [-0.25, -0.2) is 4.98 Å². The highest BCUT2D eigenvalue weighted by Gasteiger charge is 2.28. The summed E-state index contributed by atoms with van der Waals surface area (Å²) in [6, 6.07) is 13.9. The van der Waals surface area contributed by atoms with Gasteiger partial charge in [-0.15, -0.1) is 10.2 Å². The van der Waals surface area contributed by atoms with Crippen molar-refractivity contribution >= 4 is 23.5 Å². The number of hydrogen-bond acceptors (Lipinski definition) is 7. The van der Waals surface area contributed by atoms with Crippen molar-refractivity contribution in [1.82, 2.24) is 24.7 Å². The fraction of sp³-hybridized carbons (Fsp3) is 0.158. The molecular weight excluding hydrogens is 378 g/mol. The van der Waals surface area contributed by atoms with Crippen LogP contribution in [0.3, 0.4) is 0 Å². The Morgan fingerprint density at radius 1 is 1.07 bits per heavy atom. The van der Waals surface area contributed by atoms with Crippen molar-refractivity contribution in [3.05, 3.63) is 61.1 Å². The van der Waals surface area contributed by atoms with E-state index in [9.17, 15) is 0 Å². The number of pyridine rings is 1. The Labute approximate surface area is 164 Å². The highest BCUT2D eigenvalue weighted by molar-refractivity contribution is 8.03. The number of aromatic nitrogens is 5. The summed E-state index contributed by atoms with van der Waals surface area (Å²) in [6.45, 7) is 0.872. The predicted octanol–water partition coefficient (Wildman–Crippen LogP) is 4.26. The van der Waals surface area contributed by atoms with Gasteiger partial charge in [-0.2, -0.15) is 0 Å². The molecule has 27 heavy (non-hydrogen) atoms. The first-order valence-corrected chi connectivity index (χ1v) is 10.4. The molecule has 0 N–H and O–H groups in total. The SMILES string of the molecule is c1ccc(-c2cnc(SCC3Cn4c(nnc4-c4cccnc4)S3)o2)cc1. The zero-order chi connectivity index (χ0) is 18.1. The Morgan fingerprint density at radius 2 is 1.96 bits per heavy atom. The summed E-state index contributed by atoms with van der Waals surface area (Å²) in [7, 11) is 0. The van der Waals surface area contributed by atoms with Gasteiger partial charge in [-0.05, 0) is 12.1 Å². The third-order valence-corrected chi connectivity index (χ3v) is 6.61. The first-order valence-electron chi connectivity index (χ1n) is 8.51. The molecule has 0 radical (unpaired) electrons. The molecule has 6 nitrogen and oxygen atoms in total. The normalized spacial score (nSPS) is 15.8. The zero-order valence-corrected chi connectivity index (χ0v) is 15.9. The summed E-state index contributed by atoms with van der Waals surface area (Å²) < 4.78 is 8.05. The number of nitrogens with zero attached hydrogens (tertiary/aromatic N) is 5. The Morgan fingerprint density at radius 3 is 2.81 bits per heavy atom. The lowest BCUT2D eigenvalue weighted by atomic mass is 10.2. The van der Waals surface area contributed by atoms with E-state index in [1.165, 1.54) is 0 Å². The highest BCUT2D eigenvalue weighted by Crippen LogP contribution is 2.37. The molecule has 0 amide bonds. The average molecular weight is 393 g/mol. The second-order valence-corrected chi connectivity index (χ2v) is 8.30. The maximum Gasteiger partial charge on any atom is 0.256 e. The molecule has 1 aromatic carbocycles. The smallest absolute Gasteiger partial charge is 0.256 e. The van der Waals surface area contributed by atoms with E-state index in [0.717, 1.165) is 40.2 Å². The molecule has 1 atom stereocenters. The van der Waals surface area contributed by atoms with Crippen LogP contribution < -0.4 is 0 Å². The van der Waals surface area contributed by atoms with Crippen LogP contribution in [-0.2, 0) is 6.54 Å². The van der Waals surface area contributed by atoms with Gasteiger partial charge in [-0.3, -0.25) is 4.98 Å². The molecular formula is C19H15N5OS2. The summed E-state index contributed by atoms with van der Waals surface area (Å²) >= 11 is 3.39. The molecule has 8 heteroatoms. The maximum absolute atomic E-state index is 5.88. The van der Waals surface area contributed by atoms with Gasteiger partial charge in [0.2, 0.25) is 0 Å². The van der Waals surface area contributed by atoms with Crippen LogP contribution in [0, 0.1) is 0 Å². The van der Waals surface area contributed by atoms with Gasteiger partial charge in [-0.1, -0.05) is 53.9 Å². The van der Waals surface area contributed by atoms with E-state index in [-0.39, 0.29) is 0 Å². The molecule has 1 aliphatic rings. The van der Waals surface area contributed by atoms with Gasteiger partial charge in [0, 0.05) is 41.1 Å². The summed E-state index contributed by atoms with van der Waals surface area (Å²) in [4.78, 5) is 8.58. The van der Waals surface area contributed by atoms with Crippen LogP contribution in [0.2, 0.25) is 0 Å². The molecule has 3 aromatic heterocycles. The fourth-order valence-corrected chi connectivity index (χ4v) is 5.03. The molecule has 1 aliphatic heterocycles. The van der Waals surface area contributed by atoms with Crippen LogP contribution in [0.1, 0.15) is 0 Å². The van der Waals surface area contributed by atoms with E-state index < -0.39 is 0 Å².